The van der Waals surface area contributed by atoms with Crippen LogP contribution in [-0.2, 0) is 0 Å². The average molecular weight is 331 g/mol. The maximum Gasteiger partial charge on any atom is 0.274 e. The van der Waals surface area contributed by atoms with Crippen molar-refractivity contribution in [1.82, 2.24) is 14.2 Å². The molecule has 122 valence electrons. The Morgan fingerprint density at radius 2 is 2.17 bits per heavy atom. The molecule has 6 heteroatoms. The van der Waals surface area contributed by atoms with E-state index in [1.807, 2.05) is 30.1 Å². The number of hydrogen-bond donors (Lipinski definition) is 0. The summed E-state index contributed by atoms with van der Waals surface area (Å²) >= 11 is 1.36. The van der Waals surface area contributed by atoms with Gasteiger partial charge in [-0.15, -0.1) is 0 Å². The highest BCUT2D eigenvalue weighted by Gasteiger charge is 2.38. The molecular weight excluding hydrogens is 310 g/mol. The predicted molar refractivity (Wildman–Crippen MR) is 91.2 cm³/mol. The van der Waals surface area contributed by atoms with Gasteiger partial charge >= 0.3 is 0 Å². The first-order chi connectivity index (χ1) is 11.2. The Hall–Kier alpha value is -1.66. The Kier molecular flexibility index (Phi) is 3.73. The zero-order valence-corrected chi connectivity index (χ0v) is 14.3. The second-order valence-corrected chi connectivity index (χ2v) is 7.32. The van der Waals surface area contributed by atoms with Crippen LogP contribution in [0.25, 0.3) is 10.1 Å². The van der Waals surface area contributed by atoms with Gasteiger partial charge in [-0.1, -0.05) is 0 Å². The van der Waals surface area contributed by atoms with Gasteiger partial charge < -0.3 is 14.5 Å². The molecule has 3 fully saturated rings. The van der Waals surface area contributed by atoms with Crippen molar-refractivity contribution in [3.63, 3.8) is 0 Å². The Bertz CT molecular complexity index is 737. The van der Waals surface area contributed by atoms with Crippen molar-refractivity contribution in [2.24, 2.45) is 5.92 Å². The third-order valence-electron chi connectivity index (χ3n) is 5.32. The number of rotatable bonds is 3. The Morgan fingerprint density at radius 3 is 2.83 bits per heavy atom. The molecule has 5 nitrogen and oxygen atoms in total. The van der Waals surface area contributed by atoms with Crippen LogP contribution in [0.2, 0.25) is 0 Å². The molecule has 2 aromatic rings. The lowest BCUT2D eigenvalue weighted by molar-refractivity contribution is 0.0161. The lowest BCUT2D eigenvalue weighted by atomic mass is 9.83. The number of benzene rings is 1. The topological polar surface area (TPSA) is 45.7 Å². The van der Waals surface area contributed by atoms with E-state index in [0.29, 0.717) is 17.7 Å². The van der Waals surface area contributed by atoms with Crippen LogP contribution in [0.3, 0.4) is 0 Å². The van der Waals surface area contributed by atoms with Crippen LogP contribution in [0.5, 0.6) is 5.75 Å². The highest BCUT2D eigenvalue weighted by Crippen LogP contribution is 2.32. The van der Waals surface area contributed by atoms with Gasteiger partial charge in [0.2, 0.25) is 0 Å². The van der Waals surface area contributed by atoms with Crippen LogP contribution in [-0.4, -0.2) is 59.9 Å². The van der Waals surface area contributed by atoms with E-state index in [9.17, 15) is 4.79 Å². The first-order valence-electron chi connectivity index (χ1n) is 8.10. The highest BCUT2D eigenvalue weighted by molar-refractivity contribution is 7.13. The number of fused-ring (bicyclic) bond motifs is 4. The first kappa shape index (κ1) is 14.9. The van der Waals surface area contributed by atoms with E-state index in [-0.39, 0.29) is 5.91 Å². The SMILES string of the molecule is COc1ccc2c(C(=O)N(C)C3CN4CCC3CC4)nsc2c1. The Labute approximate surface area is 140 Å². The predicted octanol–water partition coefficient (Wildman–Crippen LogP) is 2.47. The summed E-state index contributed by atoms with van der Waals surface area (Å²) in [6.07, 6.45) is 2.41. The van der Waals surface area contributed by atoms with Crippen LogP contribution >= 0.6 is 11.5 Å². The minimum atomic E-state index is 0.0418. The van der Waals surface area contributed by atoms with Gasteiger partial charge in [0.25, 0.3) is 5.91 Å². The van der Waals surface area contributed by atoms with Gasteiger partial charge in [-0.2, -0.15) is 4.37 Å². The van der Waals surface area contributed by atoms with Crippen molar-refractivity contribution in [3.05, 3.63) is 23.9 Å². The number of amides is 1. The third-order valence-corrected chi connectivity index (χ3v) is 6.13. The number of carbonyl (C=O) groups is 1. The van der Waals surface area contributed by atoms with E-state index in [2.05, 4.69) is 9.27 Å². The number of carbonyl (C=O) groups excluding carboxylic acids is 1. The molecule has 0 saturated carbocycles. The molecule has 0 radical (unpaired) electrons. The molecule has 3 aliphatic rings. The van der Waals surface area contributed by atoms with Crippen molar-refractivity contribution in [1.29, 1.82) is 0 Å². The molecule has 3 saturated heterocycles. The van der Waals surface area contributed by atoms with Crippen LogP contribution in [0, 0.1) is 5.92 Å². The standard InChI is InChI=1S/C17H21N3O2S/c1-19(14-10-20-7-5-11(14)6-8-20)17(21)16-13-4-3-12(22-2)9-15(13)23-18-16/h3-4,9,11,14H,5-8,10H2,1-2H3. The lowest BCUT2D eigenvalue weighted by Crippen LogP contribution is -2.57. The minimum absolute atomic E-state index is 0.0418. The number of nitrogens with zero attached hydrogens (tertiary/aromatic N) is 3. The monoisotopic (exact) mass is 331 g/mol. The highest BCUT2D eigenvalue weighted by atomic mass is 32.1. The maximum atomic E-state index is 13.0. The van der Waals surface area contributed by atoms with Crippen molar-refractivity contribution in [2.45, 2.75) is 18.9 Å². The Morgan fingerprint density at radius 1 is 1.39 bits per heavy atom. The third kappa shape index (κ3) is 2.50. The van der Waals surface area contributed by atoms with E-state index < -0.39 is 0 Å². The molecule has 0 spiro atoms. The quantitative estimate of drug-likeness (QED) is 0.867. The molecule has 0 aliphatic carbocycles. The van der Waals surface area contributed by atoms with Crippen molar-refractivity contribution in [3.8, 4) is 5.75 Å². The molecule has 2 bridgehead atoms. The van der Waals surface area contributed by atoms with Crippen molar-refractivity contribution >= 4 is 27.5 Å². The first-order valence-corrected chi connectivity index (χ1v) is 8.87. The van der Waals surface area contributed by atoms with Gasteiger partial charge in [-0.25, -0.2) is 0 Å². The molecule has 1 unspecified atom stereocenters. The number of methoxy groups -OCH3 is 1. The Balaban J connectivity index is 1.61. The zero-order chi connectivity index (χ0) is 16.0. The van der Waals surface area contributed by atoms with Gasteiger partial charge in [0.05, 0.1) is 11.8 Å². The zero-order valence-electron chi connectivity index (χ0n) is 13.5. The molecule has 1 amide bonds. The largest absolute Gasteiger partial charge is 0.497 e. The maximum absolute atomic E-state index is 13.0. The smallest absolute Gasteiger partial charge is 0.274 e. The molecule has 1 aromatic heterocycles. The van der Waals surface area contributed by atoms with Crippen LogP contribution in [0.4, 0.5) is 0 Å². The summed E-state index contributed by atoms with van der Waals surface area (Å²) < 4.78 is 10.7. The molecule has 5 rings (SSSR count). The molecule has 3 aliphatic heterocycles. The van der Waals surface area contributed by atoms with E-state index in [1.54, 1.807) is 7.11 Å². The second-order valence-electron chi connectivity index (χ2n) is 6.51. The van der Waals surface area contributed by atoms with Crippen LogP contribution in [0.15, 0.2) is 18.2 Å². The number of likely N-dealkylation sites (N-methyl/N-ethyl adjacent to an activating group) is 1. The van der Waals surface area contributed by atoms with Gasteiger partial charge in [0.15, 0.2) is 0 Å². The fourth-order valence-electron chi connectivity index (χ4n) is 3.89. The normalized spacial score (nSPS) is 26.4. The molecule has 23 heavy (non-hydrogen) atoms. The summed E-state index contributed by atoms with van der Waals surface area (Å²) in [6, 6.07) is 6.09. The summed E-state index contributed by atoms with van der Waals surface area (Å²) in [6.45, 7) is 3.37. The summed E-state index contributed by atoms with van der Waals surface area (Å²) in [5.41, 5.74) is 0.576. The molecule has 0 N–H and O–H groups in total. The van der Waals surface area contributed by atoms with Gasteiger partial charge in [-0.05, 0) is 61.6 Å². The molecule has 1 aromatic carbocycles. The van der Waals surface area contributed by atoms with E-state index >= 15 is 0 Å². The van der Waals surface area contributed by atoms with Gasteiger partial charge in [0, 0.05) is 25.0 Å². The number of hydrogen-bond acceptors (Lipinski definition) is 5. The minimum Gasteiger partial charge on any atom is -0.497 e. The van der Waals surface area contributed by atoms with Gasteiger partial charge in [-0.3, -0.25) is 4.79 Å². The number of piperidine rings is 3. The fraction of sp³-hybridized carbons (Fsp3) is 0.529. The number of aromatic nitrogens is 1. The fourth-order valence-corrected chi connectivity index (χ4v) is 4.69. The lowest BCUT2D eigenvalue weighted by Gasteiger charge is -2.47. The second kappa shape index (κ2) is 5.76. The molecular formula is C17H21N3O2S. The summed E-state index contributed by atoms with van der Waals surface area (Å²) in [4.78, 5) is 17.4. The van der Waals surface area contributed by atoms with E-state index in [4.69, 9.17) is 4.74 Å². The van der Waals surface area contributed by atoms with Crippen LogP contribution in [0.1, 0.15) is 23.3 Å². The van der Waals surface area contributed by atoms with Crippen LogP contribution < -0.4 is 4.74 Å². The molecule has 4 heterocycles. The summed E-state index contributed by atoms with van der Waals surface area (Å²) in [7, 11) is 3.58. The average Bonchev–Trinajstić information content (AvgIpc) is 3.04. The van der Waals surface area contributed by atoms with Crippen molar-refractivity contribution < 1.29 is 9.53 Å². The summed E-state index contributed by atoms with van der Waals surface area (Å²) in [5.74, 6) is 1.48. The summed E-state index contributed by atoms with van der Waals surface area (Å²) in [5, 5.41) is 0.925. The van der Waals surface area contributed by atoms with Crippen molar-refractivity contribution in [2.75, 3.05) is 33.8 Å². The van der Waals surface area contributed by atoms with E-state index in [0.717, 1.165) is 22.4 Å². The van der Waals surface area contributed by atoms with E-state index in [1.165, 1.54) is 37.5 Å². The molecule has 1 atom stereocenters. The number of ether oxygens (including phenoxy) is 1. The van der Waals surface area contributed by atoms with Gasteiger partial charge in [0.1, 0.15) is 11.4 Å².